The van der Waals surface area contributed by atoms with Crippen LogP contribution in [0, 0.1) is 20.8 Å². The van der Waals surface area contributed by atoms with Crippen LogP contribution in [-0.4, -0.2) is 10.2 Å². The van der Waals surface area contributed by atoms with E-state index in [4.69, 9.17) is 5.84 Å². The Morgan fingerprint density at radius 2 is 2.00 bits per heavy atom. The van der Waals surface area contributed by atoms with Gasteiger partial charge in [0.1, 0.15) is 0 Å². The molecule has 0 radical (unpaired) electrons. The predicted octanol–water partition coefficient (Wildman–Crippen LogP) is 2.02. The van der Waals surface area contributed by atoms with Crippen molar-refractivity contribution in [2.24, 2.45) is 5.84 Å². The molecule has 0 saturated heterocycles. The van der Waals surface area contributed by atoms with Gasteiger partial charge in [0.2, 0.25) is 0 Å². The van der Waals surface area contributed by atoms with Crippen molar-refractivity contribution in [2.45, 2.75) is 26.8 Å². The summed E-state index contributed by atoms with van der Waals surface area (Å²) in [6.07, 6.45) is 0. The summed E-state index contributed by atoms with van der Waals surface area (Å²) in [6.45, 7) is 5.97. The molecule has 0 aromatic carbocycles. The Morgan fingerprint density at radius 3 is 2.59 bits per heavy atom. The molecule has 2 aromatic rings. The molecule has 0 bridgehead atoms. The van der Waals surface area contributed by atoms with E-state index in [9.17, 15) is 0 Å². The summed E-state index contributed by atoms with van der Waals surface area (Å²) < 4.78 is 0. The van der Waals surface area contributed by atoms with Crippen molar-refractivity contribution in [1.82, 2.24) is 15.6 Å². The molecule has 0 aliphatic rings. The summed E-state index contributed by atoms with van der Waals surface area (Å²) in [4.78, 5) is 1.27. The number of nitrogens with zero attached hydrogens (tertiary/aromatic N) is 2. The maximum Gasteiger partial charge on any atom is 0.0737 e. The Morgan fingerprint density at radius 1 is 1.24 bits per heavy atom. The fraction of sp³-hybridized carbons (Fsp3) is 0.333. The van der Waals surface area contributed by atoms with Crippen LogP contribution in [0.25, 0.3) is 0 Å². The molecule has 2 aromatic heterocycles. The zero-order chi connectivity index (χ0) is 12.4. The average Bonchev–Trinajstić information content (AvgIpc) is 2.71. The summed E-state index contributed by atoms with van der Waals surface area (Å²) in [5.41, 5.74) is 6.91. The van der Waals surface area contributed by atoms with E-state index in [-0.39, 0.29) is 6.04 Å². The zero-order valence-corrected chi connectivity index (χ0v) is 11.0. The van der Waals surface area contributed by atoms with E-state index < -0.39 is 0 Å². The van der Waals surface area contributed by atoms with Crippen LogP contribution in [0.4, 0.5) is 0 Å². The van der Waals surface area contributed by atoms with Crippen LogP contribution in [-0.2, 0) is 0 Å². The number of aromatic nitrogens is 2. The first-order valence-corrected chi connectivity index (χ1v) is 6.31. The van der Waals surface area contributed by atoms with Gasteiger partial charge in [-0.3, -0.25) is 5.84 Å². The standard InChI is InChI=1S/C12H16N4S/c1-7-4-11(9(3)16-15-7)12(14-13)10-5-8(2)17-6-10/h4-6,12,14H,13H2,1-3H3. The van der Waals surface area contributed by atoms with E-state index in [0.717, 1.165) is 17.0 Å². The fourth-order valence-electron chi connectivity index (χ4n) is 1.84. The molecule has 0 spiro atoms. The highest BCUT2D eigenvalue weighted by Gasteiger charge is 2.17. The van der Waals surface area contributed by atoms with Gasteiger partial charge in [-0.1, -0.05) is 0 Å². The van der Waals surface area contributed by atoms with Crippen molar-refractivity contribution < 1.29 is 0 Å². The molecule has 17 heavy (non-hydrogen) atoms. The third-order valence-corrected chi connectivity index (χ3v) is 3.58. The number of hydrogen-bond acceptors (Lipinski definition) is 5. The van der Waals surface area contributed by atoms with Crippen molar-refractivity contribution in [3.63, 3.8) is 0 Å². The number of aryl methyl sites for hydroxylation is 3. The first-order valence-electron chi connectivity index (χ1n) is 5.44. The maximum absolute atomic E-state index is 5.67. The number of nitrogens with two attached hydrogens (primary N) is 1. The van der Waals surface area contributed by atoms with Gasteiger partial charge in [-0.2, -0.15) is 10.2 Å². The molecule has 90 valence electrons. The minimum absolute atomic E-state index is 0.0193. The number of thiophene rings is 1. The molecule has 4 nitrogen and oxygen atoms in total. The third kappa shape index (κ3) is 2.52. The molecule has 0 amide bonds. The molecule has 3 N–H and O–H groups in total. The largest absolute Gasteiger partial charge is 0.271 e. The lowest BCUT2D eigenvalue weighted by molar-refractivity contribution is 0.627. The lowest BCUT2D eigenvalue weighted by atomic mass is 10.0. The highest BCUT2D eigenvalue weighted by molar-refractivity contribution is 7.10. The topological polar surface area (TPSA) is 63.8 Å². The quantitative estimate of drug-likeness (QED) is 0.644. The van der Waals surface area contributed by atoms with Crippen LogP contribution < -0.4 is 11.3 Å². The van der Waals surface area contributed by atoms with Gasteiger partial charge in [0.25, 0.3) is 0 Å². The van der Waals surface area contributed by atoms with Gasteiger partial charge >= 0.3 is 0 Å². The monoisotopic (exact) mass is 248 g/mol. The Labute approximate surface area is 105 Å². The highest BCUT2D eigenvalue weighted by atomic mass is 32.1. The summed E-state index contributed by atoms with van der Waals surface area (Å²) >= 11 is 1.72. The molecule has 1 atom stereocenters. The molecule has 0 aliphatic carbocycles. The average molecular weight is 248 g/mol. The second kappa shape index (κ2) is 4.91. The molecule has 0 saturated carbocycles. The first kappa shape index (κ1) is 12.2. The van der Waals surface area contributed by atoms with Gasteiger partial charge in [-0.25, -0.2) is 5.43 Å². The van der Waals surface area contributed by atoms with Crippen LogP contribution in [0.1, 0.15) is 33.4 Å². The maximum atomic E-state index is 5.67. The molecular formula is C12H16N4S. The molecule has 0 aliphatic heterocycles. The van der Waals surface area contributed by atoms with Crippen LogP contribution in [0.5, 0.6) is 0 Å². The number of rotatable bonds is 3. The van der Waals surface area contributed by atoms with Crippen molar-refractivity contribution in [1.29, 1.82) is 0 Å². The smallest absolute Gasteiger partial charge is 0.0737 e. The van der Waals surface area contributed by atoms with Gasteiger partial charge in [0.15, 0.2) is 0 Å². The normalized spacial score (nSPS) is 12.7. The molecule has 0 fully saturated rings. The molecule has 5 heteroatoms. The van der Waals surface area contributed by atoms with Gasteiger partial charge in [0.05, 0.1) is 17.4 Å². The van der Waals surface area contributed by atoms with E-state index in [1.807, 2.05) is 19.9 Å². The van der Waals surface area contributed by atoms with Crippen LogP contribution in [0.15, 0.2) is 17.5 Å². The van der Waals surface area contributed by atoms with Crippen molar-refractivity contribution in [3.8, 4) is 0 Å². The van der Waals surface area contributed by atoms with Gasteiger partial charge in [0, 0.05) is 4.88 Å². The van der Waals surface area contributed by atoms with Crippen LogP contribution >= 0.6 is 11.3 Å². The van der Waals surface area contributed by atoms with Gasteiger partial charge in [-0.05, 0) is 49.4 Å². The summed E-state index contributed by atoms with van der Waals surface area (Å²) in [6, 6.07) is 4.15. The summed E-state index contributed by atoms with van der Waals surface area (Å²) in [5, 5.41) is 10.3. The Bertz CT molecular complexity index is 521. The Kier molecular flexibility index (Phi) is 3.51. The van der Waals surface area contributed by atoms with E-state index in [1.54, 1.807) is 11.3 Å². The second-order valence-electron chi connectivity index (χ2n) is 4.12. The minimum Gasteiger partial charge on any atom is -0.271 e. The third-order valence-electron chi connectivity index (χ3n) is 2.70. The van der Waals surface area contributed by atoms with E-state index in [0.29, 0.717) is 0 Å². The molecule has 1 unspecified atom stereocenters. The van der Waals surface area contributed by atoms with Crippen LogP contribution in [0.3, 0.4) is 0 Å². The second-order valence-corrected chi connectivity index (χ2v) is 5.23. The van der Waals surface area contributed by atoms with Crippen LogP contribution in [0.2, 0.25) is 0 Å². The number of hydrogen-bond donors (Lipinski definition) is 2. The lowest BCUT2D eigenvalue weighted by Crippen LogP contribution is -2.29. The molecule has 2 rings (SSSR count). The number of hydrazine groups is 1. The summed E-state index contributed by atoms with van der Waals surface area (Å²) in [5.74, 6) is 5.67. The Balaban J connectivity index is 2.45. The zero-order valence-electron chi connectivity index (χ0n) is 10.2. The minimum atomic E-state index is -0.0193. The highest BCUT2D eigenvalue weighted by Crippen LogP contribution is 2.27. The fourth-order valence-corrected chi connectivity index (χ4v) is 2.57. The summed E-state index contributed by atoms with van der Waals surface area (Å²) in [7, 11) is 0. The van der Waals surface area contributed by atoms with E-state index >= 15 is 0 Å². The van der Waals surface area contributed by atoms with Crippen molar-refractivity contribution in [2.75, 3.05) is 0 Å². The van der Waals surface area contributed by atoms with Crippen molar-refractivity contribution >= 4 is 11.3 Å². The first-order chi connectivity index (χ1) is 8.11. The van der Waals surface area contributed by atoms with E-state index in [1.165, 1.54) is 10.4 Å². The SMILES string of the molecule is Cc1cc(C(NN)c2csc(C)c2)c(C)nn1. The van der Waals surface area contributed by atoms with E-state index in [2.05, 4.69) is 34.0 Å². The predicted molar refractivity (Wildman–Crippen MR) is 69.7 cm³/mol. The van der Waals surface area contributed by atoms with Crippen molar-refractivity contribution in [3.05, 3.63) is 44.9 Å². The number of nitrogens with one attached hydrogen (secondary N) is 1. The molecule has 2 heterocycles. The lowest BCUT2D eigenvalue weighted by Gasteiger charge is -2.17. The Hall–Kier alpha value is -1.30. The van der Waals surface area contributed by atoms with Gasteiger partial charge < -0.3 is 0 Å². The molecular weight excluding hydrogens is 232 g/mol. The van der Waals surface area contributed by atoms with Gasteiger partial charge in [-0.15, -0.1) is 11.3 Å².